The predicted octanol–water partition coefficient (Wildman–Crippen LogP) is 1.66. The summed E-state index contributed by atoms with van der Waals surface area (Å²) in [7, 11) is 3.85. The summed E-state index contributed by atoms with van der Waals surface area (Å²) in [6.45, 7) is 1.43. The van der Waals surface area contributed by atoms with Crippen LogP contribution in [0.2, 0.25) is 0 Å². The van der Waals surface area contributed by atoms with Gasteiger partial charge in [-0.15, -0.1) is 0 Å². The molecule has 1 aromatic carbocycles. The first kappa shape index (κ1) is 14.3. The Morgan fingerprint density at radius 1 is 1.10 bits per heavy atom. The molecule has 3 N–H and O–H groups in total. The van der Waals surface area contributed by atoms with Crippen molar-refractivity contribution in [3.63, 3.8) is 0 Å². The average molecular weight is 271 g/mol. The van der Waals surface area contributed by atoms with Crippen LogP contribution in [-0.2, 0) is 13.0 Å². The first-order valence-electron chi connectivity index (χ1n) is 6.71. The number of nitrogens with two attached hydrogens (primary N) is 1. The lowest BCUT2D eigenvalue weighted by Gasteiger charge is -2.12. The van der Waals surface area contributed by atoms with Crippen LogP contribution < -0.4 is 16.0 Å². The maximum absolute atomic E-state index is 5.54. The van der Waals surface area contributed by atoms with E-state index in [1.54, 1.807) is 6.20 Å². The molecule has 1 heterocycles. The largest absolute Gasteiger partial charge is 0.366 e. The van der Waals surface area contributed by atoms with Crippen molar-refractivity contribution in [3.05, 3.63) is 47.7 Å². The van der Waals surface area contributed by atoms with Gasteiger partial charge in [0.05, 0.1) is 0 Å². The summed E-state index contributed by atoms with van der Waals surface area (Å²) >= 11 is 0. The normalized spacial score (nSPS) is 10.3. The Balaban J connectivity index is 1.96. The smallest absolute Gasteiger partial charge is 0.226 e. The van der Waals surface area contributed by atoms with Crippen molar-refractivity contribution in [2.24, 2.45) is 5.73 Å². The molecule has 2 rings (SSSR count). The third-order valence-corrected chi connectivity index (χ3v) is 2.97. The Bertz CT molecular complexity index is 536. The van der Waals surface area contributed by atoms with Gasteiger partial charge in [-0.25, -0.2) is 4.98 Å². The second kappa shape index (κ2) is 6.86. The highest BCUT2D eigenvalue weighted by Gasteiger charge is 2.01. The van der Waals surface area contributed by atoms with E-state index in [0.29, 0.717) is 12.5 Å². The summed E-state index contributed by atoms with van der Waals surface area (Å²) in [5, 5.41) is 3.31. The highest BCUT2D eigenvalue weighted by Crippen LogP contribution is 2.10. The maximum atomic E-state index is 5.54. The van der Waals surface area contributed by atoms with E-state index in [4.69, 9.17) is 5.73 Å². The van der Waals surface area contributed by atoms with Gasteiger partial charge in [0.2, 0.25) is 5.95 Å². The van der Waals surface area contributed by atoms with Crippen molar-refractivity contribution in [1.29, 1.82) is 0 Å². The van der Waals surface area contributed by atoms with Gasteiger partial charge in [0.15, 0.2) is 0 Å². The van der Waals surface area contributed by atoms with Crippen LogP contribution in [0.1, 0.15) is 11.1 Å². The quantitative estimate of drug-likeness (QED) is 0.836. The Labute approximate surface area is 119 Å². The summed E-state index contributed by atoms with van der Waals surface area (Å²) in [6.07, 6.45) is 2.68. The summed E-state index contributed by atoms with van der Waals surface area (Å²) in [5.41, 5.74) is 8.03. The fourth-order valence-corrected chi connectivity index (χ4v) is 1.85. The zero-order chi connectivity index (χ0) is 14.4. The number of aromatic nitrogens is 2. The first-order valence-corrected chi connectivity index (χ1v) is 6.71. The molecule has 106 valence electrons. The summed E-state index contributed by atoms with van der Waals surface area (Å²) < 4.78 is 0. The Morgan fingerprint density at radius 2 is 1.80 bits per heavy atom. The molecule has 0 fully saturated rings. The van der Waals surface area contributed by atoms with Gasteiger partial charge in [-0.1, -0.05) is 24.3 Å². The van der Waals surface area contributed by atoms with Crippen LogP contribution in [0.5, 0.6) is 0 Å². The first-order chi connectivity index (χ1) is 9.69. The van der Waals surface area contributed by atoms with Crippen molar-refractivity contribution >= 4 is 11.8 Å². The monoisotopic (exact) mass is 271 g/mol. The van der Waals surface area contributed by atoms with Crippen LogP contribution in [0.3, 0.4) is 0 Å². The average Bonchev–Trinajstić information content (AvgIpc) is 2.47. The molecule has 0 unspecified atom stereocenters. The van der Waals surface area contributed by atoms with Gasteiger partial charge in [0.1, 0.15) is 5.82 Å². The number of nitrogens with zero attached hydrogens (tertiary/aromatic N) is 3. The molecular weight excluding hydrogens is 250 g/mol. The van der Waals surface area contributed by atoms with Crippen LogP contribution in [-0.4, -0.2) is 30.6 Å². The summed E-state index contributed by atoms with van der Waals surface area (Å²) in [4.78, 5) is 10.5. The van der Waals surface area contributed by atoms with Crippen LogP contribution in [0.15, 0.2) is 36.5 Å². The van der Waals surface area contributed by atoms with Gasteiger partial charge in [-0.3, -0.25) is 0 Å². The highest BCUT2D eigenvalue weighted by molar-refractivity contribution is 5.41. The standard InChI is InChI=1S/C15H21N5/c1-20(2)15-17-10-8-14(19-15)18-11-13-5-3-12(4-6-13)7-9-16/h3-6,8,10H,7,9,11,16H2,1-2H3,(H,17,18,19). The van der Waals surface area contributed by atoms with E-state index in [1.165, 1.54) is 11.1 Å². The molecule has 0 atom stereocenters. The maximum Gasteiger partial charge on any atom is 0.226 e. The zero-order valence-corrected chi connectivity index (χ0v) is 12.0. The van der Waals surface area contributed by atoms with E-state index in [0.717, 1.165) is 18.8 Å². The molecule has 2 aromatic rings. The SMILES string of the molecule is CN(C)c1nccc(NCc2ccc(CCN)cc2)n1. The van der Waals surface area contributed by atoms with E-state index in [1.807, 2.05) is 25.1 Å². The second-order valence-electron chi connectivity index (χ2n) is 4.85. The number of hydrogen-bond donors (Lipinski definition) is 2. The van der Waals surface area contributed by atoms with E-state index < -0.39 is 0 Å². The van der Waals surface area contributed by atoms with Crippen molar-refractivity contribution in [3.8, 4) is 0 Å². The highest BCUT2D eigenvalue weighted by atomic mass is 15.2. The molecule has 0 aliphatic carbocycles. The Morgan fingerprint density at radius 3 is 2.45 bits per heavy atom. The molecular formula is C15H21N5. The van der Waals surface area contributed by atoms with Gasteiger partial charge in [0.25, 0.3) is 0 Å². The lowest BCUT2D eigenvalue weighted by Crippen LogP contribution is -2.13. The predicted molar refractivity (Wildman–Crippen MR) is 82.9 cm³/mol. The third-order valence-electron chi connectivity index (χ3n) is 2.97. The van der Waals surface area contributed by atoms with Crippen LogP contribution in [0.25, 0.3) is 0 Å². The molecule has 0 amide bonds. The molecule has 5 nitrogen and oxygen atoms in total. The number of anilines is 2. The fourth-order valence-electron chi connectivity index (χ4n) is 1.85. The van der Waals surface area contributed by atoms with Crippen LogP contribution >= 0.6 is 0 Å². The number of hydrogen-bond acceptors (Lipinski definition) is 5. The minimum Gasteiger partial charge on any atom is -0.366 e. The fraction of sp³-hybridized carbons (Fsp3) is 0.333. The molecule has 0 saturated carbocycles. The molecule has 0 bridgehead atoms. The number of nitrogens with one attached hydrogen (secondary N) is 1. The molecule has 0 saturated heterocycles. The Hall–Kier alpha value is -2.14. The molecule has 5 heteroatoms. The molecule has 0 radical (unpaired) electrons. The van der Waals surface area contributed by atoms with Gasteiger partial charge < -0.3 is 16.0 Å². The molecule has 0 spiro atoms. The van der Waals surface area contributed by atoms with Crippen molar-refractivity contribution in [2.75, 3.05) is 30.9 Å². The molecule has 20 heavy (non-hydrogen) atoms. The van der Waals surface area contributed by atoms with Gasteiger partial charge >= 0.3 is 0 Å². The van der Waals surface area contributed by atoms with Crippen molar-refractivity contribution in [2.45, 2.75) is 13.0 Å². The minimum atomic E-state index is 0.686. The molecule has 0 aliphatic heterocycles. The summed E-state index contributed by atoms with van der Waals surface area (Å²) in [6, 6.07) is 10.3. The van der Waals surface area contributed by atoms with E-state index in [2.05, 4.69) is 39.6 Å². The van der Waals surface area contributed by atoms with Crippen LogP contribution in [0.4, 0.5) is 11.8 Å². The number of rotatable bonds is 6. The summed E-state index contributed by atoms with van der Waals surface area (Å²) in [5.74, 6) is 1.53. The second-order valence-corrected chi connectivity index (χ2v) is 4.85. The molecule has 1 aromatic heterocycles. The van der Waals surface area contributed by atoms with Crippen LogP contribution in [0, 0.1) is 0 Å². The van der Waals surface area contributed by atoms with Gasteiger partial charge in [-0.05, 0) is 30.2 Å². The van der Waals surface area contributed by atoms with E-state index >= 15 is 0 Å². The lowest BCUT2D eigenvalue weighted by atomic mass is 10.1. The zero-order valence-electron chi connectivity index (χ0n) is 12.0. The Kier molecular flexibility index (Phi) is 4.90. The van der Waals surface area contributed by atoms with Gasteiger partial charge in [0, 0.05) is 26.8 Å². The number of benzene rings is 1. The molecule has 0 aliphatic rings. The van der Waals surface area contributed by atoms with Crippen molar-refractivity contribution in [1.82, 2.24) is 9.97 Å². The van der Waals surface area contributed by atoms with E-state index in [-0.39, 0.29) is 0 Å². The van der Waals surface area contributed by atoms with E-state index in [9.17, 15) is 0 Å². The lowest BCUT2D eigenvalue weighted by molar-refractivity contribution is 0.964. The topological polar surface area (TPSA) is 67.1 Å². The minimum absolute atomic E-state index is 0.686. The van der Waals surface area contributed by atoms with Gasteiger partial charge in [-0.2, -0.15) is 4.98 Å². The van der Waals surface area contributed by atoms with Crippen molar-refractivity contribution < 1.29 is 0 Å². The third kappa shape index (κ3) is 3.93.